The van der Waals surface area contributed by atoms with Crippen LogP contribution in [0, 0.1) is 11.8 Å². The van der Waals surface area contributed by atoms with Crippen LogP contribution in [0.25, 0.3) is 10.9 Å². The molecule has 0 amide bonds. The maximum Gasteiger partial charge on any atom is 0.344 e. The van der Waals surface area contributed by atoms with Crippen LogP contribution in [0.4, 0.5) is 5.69 Å². The SMILES string of the molecule is CCC1=CC2CN(CCc3c([nH]c4ccccc34)[C@@](COC=O)(c3cc4c(cc3CO)N(C)[C@H]3C(O)(C(=O)OC)[C@H](OC(C)=O)C5C(CC)=CCN6CC[C@]43[C@H]56)C2)C1. The number of anilines is 1. The number of hydrogen-bond donors (Lipinski definition) is 3. The first-order valence-corrected chi connectivity index (χ1v) is 21.0. The third-order valence-corrected chi connectivity index (χ3v) is 15.0. The van der Waals surface area contributed by atoms with Crippen LogP contribution in [0.3, 0.4) is 0 Å². The number of nitrogens with one attached hydrogen (secondary N) is 1. The van der Waals surface area contributed by atoms with Gasteiger partial charge in [-0.15, -0.1) is 0 Å². The summed E-state index contributed by atoms with van der Waals surface area (Å²) in [5, 5.41) is 25.8. The van der Waals surface area contributed by atoms with E-state index in [1.165, 1.54) is 25.2 Å². The number of para-hydroxylation sites is 1. The fourth-order valence-corrected chi connectivity index (χ4v) is 12.9. The first-order chi connectivity index (χ1) is 28.0. The maximum atomic E-state index is 14.3. The molecule has 1 spiro atoms. The van der Waals surface area contributed by atoms with Crippen LogP contribution in [0.15, 0.2) is 59.7 Å². The van der Waals surface area contributed by atoms with Gasteiger partial charge in [-0.25, -0.2) is 4.79 Å². The number of carbonyl (C=O) groups excluding carboxylic acids is 3. The van der Waals surface area contributed by atoms with Gasteiger partial charge in [0.2, 0.25) is 5.60 Å². The fourth-order valence-electron chi connectivity index (χ4n) is 12.9. The quantitative estimate of drug-likeness (QED) is 0.124. The largest absolute Gasteiger partial charge is 0.467 e. The number of benzene rings is 2. The molecule has 58 heavy (non-hydrogen) atoms. The second-order valence-electron chi connectivity index (χ2n) is 17.6. The Morgan fingerprint density at radius 3 is 2.64 bits per heavy atom. The lowest BCUT2D eigenvalue weighted by molar-refractivity contribution is -0.212. The molecule has 1 aliphatic carbocycles. The average molecular weight is 793 g/mol. The molecule has 6 heterocycles. The van der Waals surface area contributed by atoms with E-state index >= 15 is 0 Å². The Morgan fingerprint density at radius 1 is 1.10 bits per heavy atom. The number of aromatic nitrogens is 1. The van der Waals surface area contributed by atoms with Crippen LogP contribution < -0.4 is 4.90 Å². The van der Waals surface area contributed by atoms with Crippen LogP contribution in [-0.4, -0.2) is 121 Å². The highest BCUT2D eigenvalue weighted by molar-refractivity contribution is 5.88. The summed E-state index contributed by atoms with van der Waals surface area (Å²) in [5.74, 6) is -1.80. The standard InChI is InChI=1S/C46H56N4O8/c1-6-28-18-29-21-44(25-57-26-52,39-33(13-15-49(22-28)23-29)32-10-8-9-11-36(32)47-39)34-20-35-37(19-31(34)24-51)48(4)42-45(35)14-17-50-16-12-30(7-2)38(40(45)50)41(58-27(3)53)46(42,55)43(54)56-5/h8-12,18-20,26,29,38,40-42,47,51,55H,6-7,13-17,21-25H2,1-5H3/t29?,38?,40-,41+,42+,44-,45+,46?/m0/s1. The number of aliphatic hydroxyl groups excluding tert-OH is 1. The van der Waals surface area contributed by atoms with Crippen LogP contribution in [0.2, 0.25) is 0 Å². The molecule has 3 aromatic rings. The van der Waals surface area contributed by atoms with Gasteiger partial charge in [-0.2, -0.15) is 0 Å². The van der Waals surface area contributed by atoms with Crippen molar-refractivity contribution in [3.05, 3.63) is 87.6 Å². The molecule has 12 nitrogen and oxygen atoms in total. The molecular weight excluding hydrogens is 737 g/mol. The Morgan fingerprint density at radius 2 is 1.91 bits per heavy atom. The van der Waals surface area contributed by atoms with Crippen molar-refractivity contribution in [1.82, 2.24) is 14.8 Å². The molecule has 2 aromatic carbocycles. The van der Waals surface area contributed by atoms with E-state index in [9.17, 15) is 24.6 Å². The Bertz CT molecular complexity index is 2230. The molecule has 0 radical (unpaired) electrons. The molecule has 9 atom stereocenters. The molecule has 5 aliphatic heterocycles. The van der Waals surface area contributed by atoms with E-state index < -0.39 is 46.4 Å². The number of ether oxygens (including phenoxy) is 3. The minimum Gasteiger partial charge on any atom is -0.467 e. The van der Waals surface area contributed by atoms with Gasteiger partial charge in [0.25, 0.3) is 6.47 Å². The lowest BCUT2D eigenvalue weighted by Crippen LogP contribution is -2.78. The number of esters is 2. The number of aliphatic hydroxyl groups is 2. The molecule has 1 aromatic heterocycles. The van der Waals surface area contributed by atoms with Crippen molar-refractivity contribution in [3.63, 3.8) is 0 Å². The van der Waals surface area contributed by atoms with E-state index in [0.717, 1.165) is 71.5 Å². The molecule has 6 aliphatic rings. The summed E-state index contributed by atoms with van der Waals surface area (Å²) < 4.78 is 17.5. The number of nitrogens with zero attached hydrogens (tertiary/aromatic N) is 3. The Balaban J connectivity index is 1.35. The molecule has 4 unspecified atom stereocenters. The predicted molar refractivity (Wildman–Crippen MR) is 218 cm³/mol. The van der Waals surface area contributed by atoms with Crippen molar-refractivity contribution in [3.8, 4) is 0 Å². The molecule has 308 valence electrons. The van der Waals surface area contributed by atoms with Crippen LogP contribution in [0.1, 0.15) is 74.4 Å². The molecule has 1 saturated heterocycles. The molecule has 3 N–H and O–H groups in total. The number of fused-ring (bicyclic) bond motifs is 6. The van der Waals surface area contributed by atoms with E-state index in [2.05, 4.69) is 65.0 Å². The summed E-state index contributed by atoms with van der Waals surface area (Å²) in [4.78, 5) is 50.4. The first kappa shape index (κ1) is 39.0. The average Bonchev–Trinajstić information content (AvgIpc) is 3.89. The zero-order valence-electron chi connectivity index (χ0n) is 34.3. The van der Waals surface area contributed by atoms with Crippen molar-refractivity contribution >= 4 is 35.0 Å². The second-order valence-corrected chi connectivity index (χ2v) is 17.6. The van der Waals surface area contributed by atoms with Crippen LogP contribution in [0.5, 0.6) is 0 Å². The highest BCUT2D eigenvalue weighted by atomic mass is 16.6. The predicted octanol–water partition coefficient (Wildman–Crippen LogP) is 4.28. The second kappa shape index (κ2) is 14.4. The molecule has 2 bridgehead atoms. The Labute approximate surface area is 339 Å². The highest BCUT2D eigenvalue weighted by Crippen LogP contribution is 2.65. The fraction of sp³-hybridized carbons (Fsp3) is 0.543. The van der Waals surface area contributed by atoms with Gasteiger partial charge in [-0.1, -0.05) is 61.4 Å². The van der Waals surface area contributed by atoms with Gasteiger partial charge < -0.3 is 34.3 Å². The molecule has 12 heteroatoms. The maximum absolute atomic E-state index is 14.3. The molecule has 2 fully saturated rings. The summed E-state index contributed by atoms with van der Waals surface area (Å²) in [6.07, 6.45) is 7.01. The number of methoxy groups -OCH3 is 1. The van der Waals surface area contributed by atoms with Gasteiger partial charge in [0.1, 0.15) is 6.61 Å². The summed E-state index contributed by atoms with van der Waals surface area (Å²) in [6, 6.07) is 11.5. The van der Waals surface area contributed by atoms with Crippen molar-refractivity contribution in [2.24, 2.45) is 11.8 Å². The van der Waals surface area contributed by atoms with Gasteiger partial charge in [0, 0.05) is 79.8 Å². The van der Waals surface area contributed by atoms with E-state index in [0.29, 0.717) is 44.4 Å². The summed E-state index contributed by atoms with van der Waals surface area (Å²) >= 11 is 0. The third-order valence-electron chi connectivity index (χ3n) is 15.0. The smallest absolute Gasteiger partial charge is 0.344 e. The number of aromatic amines is 1. The van der Waals surface area contributed by atoms with E-state index in [-0.39, 0.29) is 25.2 Å². The van der Waals surface area contributed by atoms with Crippen molar-refractivity contribution in [2.45, 2.75) is 94.1 Å². The van der Waals surface area contributed by atoms with Gasteiger partial charge >= 0.3 is 11.9 Å². The lowest BCUT2D eigenvalue weighted by Gasteiger charge is -2.59. The van der Waals surface area contributed by atoms with E-state index in [4.69, 9.17) is 14.2 Å². The first-order valence-electron chi connectivity index (χ1n) is 21.0. The Kier molecular flexibility index (Phi) is 9.65. The molecule has 9 rings (SSSR count). The van der Waals surface area contributed by atoms with Crippen LogP contribution >= 0.6 is 0 Å². The molecule has 1 saturated carbocycles. The summed E-state index contributed by atoms with van der Waals surface area (Å²) in [5.41, 5.74) is 4.88. The normalized spacial score (nSPS) is 33.7. The summed E-state index contributed by atoms with van der Waals surface area (Å²) in [7, 11) is 3.15. The third kappa shape index (κ3) is 5.36. The van der Waals surface area contributed by atoms with E-state index in [1.807, 2.05) is 24.1 Å². The van der Waals surface area contributed by atoms with Gasteiger partial charge in [0.05, 0.1) is 25.2 Å². The van der Waals surface area contributed by atoms with E-state index in [1.54, 1.807) is 0 Å². The van der Waals surface area contributed by atoms with Gasteiger partial charge in [-0.3, -0.25) is 19.4 Å². The highest BCUT2D eigenvalue weighted by Gasteiger charge is 2.77. The number of rotatable bonds is 9. The monoisotopic (exact) mass is 792 g/mol. The zero-order valence-corrected chi connectivity index (χ0v) is 34.3. The van der Waals surface area contributed by atoms with Crippen LogP contribution in [-0.2, 0) is 52.5 Å². The number of hydrogen-bond acceptors (Lipinski definition) is 11. The lowest BCUT2D eigenvalue weighted by atomic mass is 9.52. The Hall–Kier alpha value is -4.49. The van der Waals surface area contributed by atoms with Crippen molar-refractivity contribution in [2.75, 3.05) is 58.4 Å². The molecular formula is C46H56N4O8. The number of carbonyl (C=O) groups is 3. The van der Waals surface area contributed by atoms with Gasteiger partial charge in [0.15, 0.2) is 6.10 Å². The number of H-pyrrole nitrogens is 1. The topological polar surface area (TPSA) is 145 Å². The minimum atomic E-state index is -2.25. The van der Waals surface area contributed by atoms with Crippen molar-refractivity contribution in [1.29, 1.82) is 0 Å². The number of likely N-dealkylation sites (N-methyl/N-ethyl adjacent to an activating group) is 1. The zero-order chi connectivity index (χ0) is 40.7. The van der Waals surface area contributed by atoms with Crippen molar-refractivity contribution < 1.29 is 38.8 Å². The summed E-state index contributed by atoms with van der Waals surface area (Å²) in [6.45, 7) is 9.92. The minimum absolute atomic E-state index is 0.0434. The van der Waals surface area contributed by atoms with Gasteiger partial charge in [-0.05, 0) is 79.0 Å².